The third-order valence-electron chi connectivity index (χ3n) is 6.26. The molecule has 1 aliphatic carbocycles. The van der Waals surface area contributed by atoms with Crippen molar-refractivity contribution >= 4 is 11.8 Å². The van der Waals surface area contributed by atoms with E-state index in [2.05, 4.69) is 5.32 Å². The molecule has 1 saturated heterocycles. The fourth-order valence-corrected chi connectivity index (χ4v) is 4.77. The van der Waals surface area contributed by atoms with E-state index in [0.717, 1.165) is 0 Å². The number of ketones is 1. The number of carbonyl (C=O) groups is 2. The molecule has 0 radical (unpaired) electrons. The molecule has 10 heteroatoms. The standard InChI is InChI=1S/C20H23F3N2O5/c1-25-10-16(26)20(24-17(25)27)14-9-13(29-11-19(21,22)23)3-4-15(14)30-18(20)7-5-12(28-2)6-8-18/h3-4,9,12H,5-8,10-11H2,1-2H3,(H,24,27). The molecule has 3 aliphatic rings. The van der Waals surface area contributed by atoms with Crippen molar-refractivity contribution in [1.29, 1.82) is 0 Å². The normalized spacial score (nSPS) is 31.0. The van der Waals surface area contributed by atoms with Crippen molar-refractivity contribution in [3.05, 3.63) is 23.8 Å². The van der Waals surface area contributed by atoms with Crippen LogP contribution >= 0.6 is 0 Å². The largest absolute Gasteiger partial charge is 0.484 e. The van der Waals surface area contributed by atoms with E-state index < -0.39 is 30.0 Å². The van der Waals surface area contributed by atoms with E-state index >= 15 is 0 Å². The summed E-state index contributed by atoms with van der Waals surface area (Å²) in [7, 11) is 3.13. The summed E-state index contributed by atoms with van der Waals surface area (Å²) >= 11 is 0. The summed E-state index contributed by atoms with van der Waals surface area (Å²) in [4.78, 5) is 27.3. The molecule has 1 N–H and O–H groups in total. The maximum Gasteiger partial charge on any atom is 0.422 e. The van der Waals surface area contributed by atoms with Crippen molar-refractivity contribution in [2.24, 2.45) is 0 Å². The molecule has 2 amide bonds. The van der Waals surface area contributed by atoms with E-state index in [4.69, 9.17) is 14.2 Å². The molecule has 0 aromatic heterocycles. The molecule has 1 atom stereocenters. The highest BCUT2D eigenvalue weighted by atomic mass is 19.4. The van der Waals surface area contributed by atoms with Crippen molar-refractivity contribution in [3.8, 4) is 11.5 Å². The summed E-state index contributed by atoms with van der Waals surface area (Å²) in [5, 5.41) is 2.83. The minimum Gasteiger partial charge on any atom is -0.484 e. The molecule has 1 unspecified atom stereocenters. The van der Waals surface area contributed by atoms with Crippen LogP contribution in [0.3, 0.4) is 0 Å². The van der Waals surface area contributed by atoms with E-state index in [0.29, 0.717) is 37.0 Å². The number of rotatable bonds is 3. The van der Waals surface area contributed by atoms with Gasteiger partial charge in [-0.05, 0) is 43.9 Å². The second-order valence-corrected chi connectivity index (χ2v) is 8.05. The molecule has 30 heavy (non-hydrogen) atoms. The lowest BCUT2D eigenvalue weighted by molar-refractivity contribution is -0.153. The van der Waals surface area contributed by atoms with E-state index in [1.54, 1.807) is 7.11 Å². The lowest BCUT2D eigenvalue weighted by atomic mass is 9.65. The first kappa shape index (κ1) is 20.8. The molecule has 164 valence electrons. The van der Waals surface area contributed by atoms with Crippen LogP contribution in [0.1, 0.15) is 31.2 Å². The molecule has 1 aromatic carbocycles. The Morgan fingerprint density at radius 2 is 1.97 bits per heavy atom. The summed E-state index contributed by atoms with van der Waals surface area (Å²) < 4.78 is 54.4. The van der Waals surface area contributed by atoms with Crippen molar-refractivity contribution in [2.75, 3.05) is 27.3 Å². The van der Waals surface area contributed by atoms with Crippen LogP contribution in [0.5, 0.6) is 11.5 Å². The number of Topliss-reactive ketones (excluding diaryl/α,β-unsaturated/α-hetero) is 1. The van der Waals surface area contributed by atoms with Crippen LogP contribution in [0.15, 0.2) is 18.2 Å². The molecule has 1 saturated carbocycles. The van der Waals surface area contributed by atoms with E-state index in [9.17, 15) is 22.8 Å². The predicted molar refractivity (Wildman–Crippen MR) is 98.5 cm³/mol. The van der Waals surface area contributed by atoms with Crippen LogP contribution in [-0.4, -0.2) is 61.9 Å². The van der Waals surface area contributed by atoms with Crippen molar-refractivity contribution < 1.29 is 37.0 Å². The Bertz CT molecular complexity index is 866. The number of benzene rings is 1. The molecule has 1 aromatic rings. The minimum atomic E-state index is -4.50. The first-order valence-electron chi connectivity index (χ1n) is 9.73. The van der Waals surface area contributed by atoms with Crippen LogP contribution in [0.4, 0.5) is 18.0 Å². The minimum absolute atomic E-state index is 0.0164. The topological polar surface area (TPSA) is 77.1 Å². The monoisotopic (exact) mass is 428 g/mol. The third kappa shape index (κ3) is 3.17. The average Bonchev–Trinajstić information content (AvgIpc) is 2.94. The van der Waals surface area contributed by atoms with Gasteiger partial charge in [-0.25, -0.2) is 4.79 Å². The summed E-state index contributed by atoms with van der Waals surface area (Å²) in [5.74, 6) is 0.0493. The zero-order chi connectivity index (χ0) is 21.7. The number of hydrogen-bond donors (Lipinski definition) is 1. The highest BCUT2D eigenvalue weighted by Gasteiger charge is 2.67. The number of hydrogen-bond acceptors (Lipinski definition) is 5. The smallest absolute Gasteiger partial charge is 0.422 e. The number of alkyl halides is 3. The predicted octanol–water partition coefficient (Wildman–Crippen LogP) is 2.77. The van der Waals surface area contributed by atoms with E-state index in [-0.39, 0.29) is 24.2 Å². The first-order chi connectivity index (χ1) is 14.1. The van der Waals surface area contributed by atoms with Crippen molar-refractivity contribution in [1.82, 2.24) is 10.2 Å². The molecule has 2 fully saturated rings. The van der Waals surface area contributed by atoms with Gasteiger partial charge < -0.3 is 24.4 Å². The second-order valence-electron chi connectivity index (χ2n) is 8.05. The number of fused-ring (bicyclic) bond motifs is 3. The first-order valence-corrected chi connectivity index (χ1v) is 9.73. The number of ether oxygens (including phenoxy) is 3. The van der Waals surface area contributed by atoms with E-state index in [1.807, 2.05) is 0 Å². The fourth-order valence-electron chi connectivity index (χ4n) is 4.77. The number of nitrogens with one attached hydrogen (secondary N) is 1. The van der Waals surface area contributed by atoms with Crippen LogP contribution in [-0.2, 0) is 15.1 Å². The number of methoxy groups -OCH3 is 1. The maximum absolute atomic E-state index is 13.4. The number of amides is 2. The van der Waals surface area contributed by atoms with Gasteiger partial charge in [-0.2, -0.15) is 13.2 Å². The van der Waals surface area contributed by atoms with Gasteiger partial charge >= 0.3 is 12.2 Å². The maximum atomic E-state index is 13.4. The SMILES string of the molecule is COC1CCC2(CC1)Oc1ccc(OCC(F)(F)F)cc1C21NC(=O)N(C)CC1=O. The Balaban J connectivity index is 1.77. The highest BCUT2D eigenvalue weighted by molar-refractivity contribution is 6.02. The van der Waals surface area contributed by atoms with Crippen LogP contribution < -0.4 is 14.8 Å². The summed E-state index contributed by atoms with van der Waals surface area (Å²) in [6, 6.07) is 3.81. The molecule has 2 spiro atoms. The van der Waals surface area contributed by atoms with Gasteiger partial charge in [-0.15, -0.1) is 0 Å². The Kier molecular flexibility index (Phi) is 4.87. The van der Waals surface area contributed by atoms with Gasteiger partial charge in [-0.1, -0.05) is 0 Å². The zero-order valence-corrected chi connectivity index (χ0v) is 16.7. The molecule has 2 heterocycles. The van der Waals surface area contributed by atoms with Gasteiger partial charge in [0.05, 0.1) is 12.6 Å². The second kappa shape index (κ2) is 7.04. The van der Waals surface area contributed by atoms with Gasteiger partial charge in [0.25, 0.3) is 0 Å². The number of urea groups is 1. The molecule has 7 nitrogen and oxygen atoms in total. The highest BCUT2D eigenvalue weighted by Crippen LogP contribution is 2.56. The van der Waals surface area contributed by atoms with Gasteiger partial charge in [0.2, 0.25) is 0 Å². The van der Waals surface area contributed by atoms with Gasteiger partial charge in [0.1, 0.15) is 17.1 Å². The summed E-state index contributed by atoms with van der Waals surface area (Å²) in [6.07, 6.45) is -2.32. The molecule has 4 rings (SSSR count). The fraction of sp³-hybridized carbons (Fsp3) is 0.600. The van der Waals surface area contributed by atoms with Crippen LogP contribution in [0.25, 0.3) is 0 Å². The number of nitrogens with zero attached hydrogens (tertiary/aromatic N) is 1. The molecular weight excluding hydrogens is 405 g/mol. The van der Waals surface area contributed by atoms with Gasteiger partial charge in [0, 0.05) is 19.7 Å². The van der Waals surface area contributed by atoms with Crippen LogP contribution in [0.2, 0.25) is 0 Å². The third-order valence-corrected chi connectivity index (χ3v) is 6.26. The quantitative estimate of drug-likeness (QED) is 0.801. The van der Waals surface area contributed by atoms with E-state index in [1.165, 1.54) is 30.1 Å². The Hall–Kier alpha value is -2.49. The Morgan fingerprint density at radius 3 is 2.60 bits per heavy atom. The molecule has 2 aliphatic heterocycles. The molecule has 0 bridgehead atoms. The summed E-state index contributed by atoms with van der Waals surface area (Å²) in [6.45, 7) is -1.58. The summed E-state index contributed by atoms with van der Waals surface area (Å²) in [5.41, 5.74) is -2.17. The number of carbonyl (C=O) groups excluding carboxylic acids is 2. The lowest BCUT2D eigenvalue weighted by Gasteiger charge is -2.49. The lowest BCUT2D eigenvalue weighted by Crippen LogP contribution is -2.72. The van der Waals surface area contributed by atoms with Gasteiger partial charge in [0.15, 0.2) is 17.9 Å². The van der Waals surface area contributed by atoms with Gasteiger partial charge in [-0.3, -0.25) is 4.79 Å². The number of halogens is 3. The Labute approximate surface area is 171 Å². The number of likely N-dealkylation sites (N-methyl/N-ethyl adjacent to an activating group) is 1. The Morgan fingerprint density at radius 1 is 1.27 bits per heavy atom. The molecular formula is C20H23F3N2O5. The zero-order valence-electron chi connectivity index (χ0n) is 16.7. The van der Waals surface area contributed by atoms with Crippen molar-refractivity contribution in [2.45, 2.75) is 49.1 Å². The van der Waals surface area contributed by atoms with Crippen molar-refractivity contribution in [3.63, 3.8) is 0 Å². The average molecular weight is 428 g/mol. The van der Waals surface area contributed by atoms with Crippen LogP contribution in [0, 0.1) is 0 Å².